The van der Waals surface area contributed by atoms with Crippen molar-refractivity contribution in [1.82, 2.24) is 0 Å². The van der Waals surface area contributed by atoms with Crippen LogP contribution in [0.4, 0.5) is 8.78 Å². The minimum Gasteiger partial charge on any atom is -0.493 e. The summed E-state index contributed by atoms with van der Waals surface area (Å²) in [5.74, 6) is -2.50. The third-order valence-corrected chi connectivity index (χ3v) is 6.72. The Labute approximate surface area is 170 Å². The fourth-order valence-electron chi connectivity index (χ4n) is 3.71. The molecule has 1 heterocycles. The van der Waals surface area contributed by atoms with Gasteiger partial charge in [0, 0.05) is 34.4 Å². The highest BCUT2D eigenvalue weighted by molar-refractivity contribution is 7.13. The average Bonchev–Trinajstić information content (AvgIpc) is 3.18. The Hall–Kier alpha value is -1.70. The second-order valence-electron chi connectivity index (χ2n) is 7.03. The first-order valence-corrected chi connectivity index (χ1v) is 10.3. The fraction of sp³-hybridized carbons (Fsp3) is 0.450. The number of carbonyl (C=O) groups is 1. The molecule has 28 heavy (non-hydrogen) atoms. The van der Waals surface area contributed by atoms with Gasteiger partial charge in [-0.15, -0.1) is 22.9 Å². The first-order chi connectivity index (χ1) is 13.3. The molecule has 0 aliphatic heterocycles. The van der Waals surface area contributed by atoms with Crippen molar-refractivity contribution in [3.05, 3.63) is 51.7 Å². The molecule has 0 bridgehead atoms. The van der Waals surface area contributed by atoms with Crippen LogP contribution in [0.5, 0.6) is 5.75 Å². The summed E-state index contributed by atoms with van der Waals surface area (Å²) in [5, 5.41) is 19.1. The van der Waals surface area contributed by atoms with E-state index in [4.69, 9.17) is 21.4 Å². The Kier molecular flexibility index (Phi) is 6.91. The average molecular weight is 431 g/mol. The zero-order chi connectivity index (χ0) is 20.3. The predicted octanol–water partition coefficient (Wildman–Crippen LogP) is 4.73. The van der Waals surface area contributed by atoms with Crippen molar-refractivity contribution in [3.63, 3.8) is 0 Å². The molecule has 0 saturated heterocycles. The van der Waals surface area contributed by atoms with Crippen molar-refractivity contribution in [2.45, 2.75) is 37.2 Å². The number of aliphatic hydroxyl groups is 1. The van der Waals surface area contributed by atoms with Gasteiger partial charge >= 0.3 is 5.97 Å². The molecule has 1 saturated carbocycles. The van der Waals surface area contributed by atoms with Gasteiger partial charge in [0.25, 0.3) is 0 Å². The molecule has 1 aromatic heterocycles. The van der Waals surface area contributed by atoms with E-state index >= 15 is 0 Å². The molecule has 4 atom stereocenters. The minimum atomic E-state index is -0.929. The zero-order valence-corrected chi connectivity index (χ0v) is 16.6. The molecule has 3 rings (SSSR count). The molecule has 1 aliphatic rings. The number of hydrogen-bond acceptors (Lipinski definition) is 4. The quantitative estimate of drug-likeness (QED) is 0.594. The summed E-state index contributed by atoms with van der Waals surface area (Å²) in [6.45, 7) is 0.125. The second kappa shape index (κ2) is 9.20. The summed E-state index contributed by atoms with van der Waals surface area (Å²) in [6, 6.07) is 6.40. The van der Waals surface area contributed by atoms with Crippen molar-refractivity contribution < 1.29 is 28.5 Å². The van der Waals surface area contributed by atoms with E-state index in [0.29, 0.717) is 11.3 Å². The van der Waals surface area contributed by atoms with E-state index in [9.17, 15) is 18.7 Å². The molecule has 2 N–H and O–H groups in total. The van der Waals surface area contributed by atoms with E-state index < -0.39 is 23.7 Å². The molecule has 2 unspecified atom stereocenters. The maximum Gasteiger partial charge on any atom is 0.345 e. The van der Waals surface area contributed by atoms with Crippen LogP contribution in [0.15, 0.2) is 30.3 Å². The highest BCUT2D eigenvalue weighted by Crippen LogP contribution is 2.39. The predicted molar refractivity (Wildman–Crippen MR) is 103 cm³/mol. The Bertz CT molecular complexity index is 808. The van der Waals surface area contributed by atoms with Gasteiger partial charge in [0.05, 0.1) is 12.7 Å². The summed E-state index contributed by atoms with van der Waals surface area (Å²) >= 11 is 7.67. The van der Waals surface area contributed by atoms with Crippen LogP contribution >= 0.6 is 22.9 Å². The Balaban J connectivity index is 1.56. The number of aromatic carboxylic acids is 1. The lowest BCUT2D eigenvalue weighted by atomic mass is 9.90. The molecule has 8 heteroatoms. The van der Waals surface area contributed by atoms with Gasteiger partial charge in [-0.2, -0.15) is 0 Å². The molecule has 0 spiro atoms. The molecular weight excluding hydrogens is 410 g/mol. The smallest absolute Gasteiger partial charge is 0.345 e. The zero-order valence-electron chi connectivity index (χ0n) is 15.0. The number of rotatable bonds is 8. The van der Waals surface area contributed by atoms with E-state index in [0.717, 1.165) is 42.3 Å². The van der Waals surface area contributed by atoms with Crippen LogP contribution in [0.3, 0.4) is 0 Å². The number of ether oxygens (including phenoxy) is 1. The molecule has 0 radical (unpaired) electrons. The molecule has 0 amide bonds. The molecule has 1 aliphatic carbocycles. The van der Waals surface area contributed by atoms with Gasteiger partial charge in [-0.3, -0.25) is 0 Å². The topological polar surface area (TPSA) is 66.8 Å². The van der Waals surface area contributed by atoms with Crippen LogP contribution in [-0.2, 0) is 6.42 Å². The van der Waals surface area contributed by atoms with Gasteiger partial charge in [-0.05, 0) is 43.7 Å². The van der Waals surface area contributed by atoms with E-state index in [1.165, 1.54) is 11.3 Å². The molecule has 1 aromatic carbocycles. The maximum atomic E-state index is 13.3. The highest BCUT2D eigenvalue weighted by atomic mass is 35.5. The summed E-state index contributed by atoms with van der Waals surface area (Å²) in [7, 11) is 0. The van der Waals surface area contributed by atoms with Crippen molar-refractivity contribution in [1.29, 1.82) is 0 Å². The maximum absolute atomic E-state index is 13.3. The lowest BCUT2D eigenvalue weighted by Gasteiger charge is -2.23. The number of aliphatic hydroxyl groups excluding tert-OH is 1. The fourth-order valence-corrected chi connectivity index (χ4v) is 5.09. The van der Waals surface area contributed by atoms with Gasteiger partial charge in [0.15, 0.2) is 0 Å². The largest absolute Gasteiger partial charge is 0.493 e. The standard InChI is InChI=1S/C20H21ClF2O4S/c21-17-9-18(24)16(10-27-13-7-11(22)6-12(23)8-13)15(17)3-1-2-14-4-5-19(28-14)20(25)26/h4-8,15-18,24H,1-3,9-10H2,(H,25,26)/t15-,16-,17?,18?/m1/s1. The molecule has 1 fully saturated rings. The summed E-state index contributed by atoms with van der Waals surface area (Å²) in [5.41, 5.74) is 0. The van der Waals surface area contributed by atoms with E-state index in [1.54, 1.807) is 6.07 Å². The van der Waals surface area contributed by atoms with Gasteiger partial charge in [-0.25, -0.2) is 13.6 Å². The number of aryl methyl sites for hydroxylation is 1. The molecular formula is C20H21ClF2O4S. The van der Waals surface area contributed by atoms with Crippen molar-refractivity contribution in [2.24, 2.45) is 11.8 Å². The van der Waals surface area contributed by atoms with Gasteiger partial charge < -0.3 is 14.9 Å². The second-order valence-corrected chi connectivity index (χ2v) is 8.76. The summed E-state index contributed by atoms with van der Waals surface area (Å²) < 4.78 is 32.1. The lowest BCUT2D eigenvalue weighted by Crippen LogP contribution is -2.27. The number of halogens is 3. The van der Waals surface area contributed by atoms with Crippen LogP contribution < -0.4 is 4.74 Å². The van der Waals surface area contributed by atoms with E-state index in [1.807, 2.05) is 6.07 Å². The van der Waals surface area contributed by atoms with Crippen molar-refractivity contribution in [2.75, 3.05) is 6.61 Å². The normalized spacial score (nSPS) is 24.4. The first-order valence-electron chi connectivity index (χ1n) is 9.06. The third kappa shape index (κ3) is 5.21. The number of carboxylic acids is 1. The first kappa shape index (κ1) is 21.0. The third-order valence-electron chi connectivity index (χ3n) is 5.09. The Morgan fingerprint density at radius 2 is 1.93 bits per heavy atom. The van der Waals surface area contributed by atoms with Crippen LogP contribution in [-0.4, -0.2) is 34.3 Å². The van der Waals surface area contributed by atoms with Crippen LogP contribution in [0, 0.1) is 23.5 Å². The molecule has 4 nitrogen and oxygen atoms in total. The molecule has 2 aromatic rings. The van der Waals surface area contributed by atoms with E-state index in [2.05, 4.69) is 0 Å². The number of thiophene rings is 1. The molecule has 152 valence electrons. The van der Waals surface area contributed by atoms with Crippen LogP contribution in [0.2, 0.25) is 0 Å². The van der Waals surface area contributed by atoms with Gasteiger partial charge in [0.1, 0.15) is 22.3 Å². The van der Waals surface area contributed by atoms with Crippen LogP contribution in [0.25, 0.3) is 0 Å². The Morgan fingerprint density at radius 3 is 2.57 bits per heavy atom. The van der Waals surface area contributed by atoms with E-state index in [-0.39, 0.29) is 29.6 Å². The van der Waals surface area contributed by atoms with Crippen molar-refractivity contribution >= 4 is 28.9 Å². The highest BCUT2D eigenvalue weighted by Gasteiger charge is 2.41. The number of hydrogen-bond donors (Lipinski definition) is 2. The van der Waals surface area contributed by atoms with Gasteiger partial charge in [0.2, 0.25) is 0 Å². The lowest BCUT2D eigenvalue weighted by molar-refractivity contribution is 0.0701. The van der Waals surface area contributed by atoms with Crippen molar-refractivity contribution in [3.8, 4) is 5.75 Å². The Morgan fingerprint density at radius 1 is 1.21 bits per heavy atom. The monoisotopic (exact) mass is 430 g/mol. The summed E-state index contributed by atoms with van der Waals surface area (Å²) in [4.78, 5) is 12.3. The van der Waals surface area contributed by atoms with Crippen LogP contribution in [0.1, 0.15) is 33.8 Å². The number of carboxylic acid groups (broad SMARTS) is 1. The number of alkyl halides is 1. The minimum absolute atomic E-state index is 0.00831. The number of benzene rings is 1. The SMILES string of the molecule is O=C(O)c1ccc(CCC[C@H]2C(Cl)CC(O)[C@@H]2COc2cc(F)cc(F)c2)s1. The summed E-state index contributed by atoms with van der Waals surface area (Å²) in [6.07, 6.45) is 2.09. The van der Waals surface area contributed by atoms with Gasteiger partial charge in [-0.1, -0.05) is 0 Å².